The summed E-state index contributed by atoms with van der Waals surface area (Å²) in [5, 5.41) is 0.547. The molecular formula is C14H11Cl2NO2. The Morgan fingerprint density at radius 3 is 2.42 bits per heavy atom. The summed E-state index contributed by atoms with van der Waals surface area (Å²) in [6, 6.07) is 9.90. The minimum Gasteiger partial charge on any atom is -0.495 e. The molecule has 0 saturated carbocycles. The van der Waals surface area contributed by atoms with Gasteiger partial charge in [0.05, 0.1) is 22.8 Å². The summed E-state index contributed by atoms with van der Waals surface area (Å²) in [6.45, 7) is 0. The van der Waals surface area contributed by atoms with E-state index in [9.17, 15) is 4.79 Å². The van der Waals surface area contributed by atoms with Gasteiger partial charge in [0.1, 0.15) is 5.75 Å². The Morgan fingerprint density at radius 2 is 1.74 bits per heavy atom. The lowest BCUT2D eigenvalue weighted by Crippen LogP contribution is -2.07. The molecule has 0 unspecified atom stereocenters. The predicted octanol–water partition coefficient (Wildman–Crippen LogP) is 3.82. The zero-order valence-electron chi connectivity index (χ0n) is 10.1. The molecule has 0 radical (unpaired) electrons. The fraction of sp³-hybridized carbons (Fsp3) is 0.0714. The topological polar surface area (TPSA) is 52.3 Å². The lowest BCUT2D eigenvalue weighted by molar-refractivity contribution is 0.103. The van der Waals surface area contributed by atoms with Crippen molar-refractivity contribution in [2.45, 2.75) is 0 Å². The molecule has 98 valence electrons. The van der Waals surface area contributed by atoms with Crippen LogP contribution in [0.3, 0.4) is 0 Å². The van der Waals surface area contributed by atoms with Crippen molar-refractivity contribution in [1.82, 2.24) is 0 Å². The minimum atomic E-state index is -0.288. The fourth-order valence-corrected chi connectivity index (χ4v) is 2.13. The van der Waals surface area contributed by atoms with Crippen molar-refractivity contribution in [3.05, 3.63) is 57.6 Å². The number of benzene rings is 2. The number of methoxy groups -OCH3 is 1. The molecular weight excluding hydrogens is 285 g/mol. The molecule has 0 fully saturated rings. The zero-order valence-corrected chi connectivity index (χ0v) is 11.6. The van der Waals surface area contributed by atoms with Gasteiger partial charge in [-0.05, 0) is 24.3 Å². The zero-order chi connectivity index (χ0) is 14.0. The number of carbonyl (C=O) groups is 1. The Bertz CT molecular complexity index is 641. The fourth-order valence-electron chi connectivity index (χ4n) is 1.74. The molecule has 2 N–H and O–H groups in total. The molecule has 0 amide bonds. The van der Waals surface area contributed by atoms with Crippen molar-refractivity contribution in [3.63, 3.8) is 0 Å². The monoisotopic (exact) mass is 295 g/mol. The first-order valence-corrected chi connectivity index (χ1v) is 6.23. The third-order valence-electron chi connectivity index (χ3n) is 2.73. The molecule has 0 saturated heterocycles. The molecule has 0 spiro atoms. The maximum Gasteiger partial charge on any atom is 0.196 e. The molecule has 0 aromatic heterocycles. The second-order valence-electron chi connectivity index (χ2n) is 3.85. The number of rotatable bonds is 3. The predicted molar refractivity (Wildman–Crippen MR) is 77.3 cm³/mol. The van der Waals surface area contributed by atoms with Crippen LogP contribution in [0.4, 0.5) is 5.69 Å². The normalized spacial score (nSPS) is 10.3. The number of anilines is 1. The smallest absolute Gasteiger partial charge is 0.196 e. The van der Waals surface area contributed by atoms with Crippen LogP contribution in [0.25, 0.3) is 0 Å². The van der Waals surface area contributed by atoms with Gasteiger partial charge in [-0.2, -0.15) is 0 Å². The van der Waals surface area contributed by atoms with Crippen molar-refractivity contribution in [1.29, 1.82) is 0 Å². The van der Waals surface area contributed by atoms with E-state index in [0.29, 0.717) is 21.9 Å². The molecule has 0 heterocycles. The molecule has 5 heteroatoms. The Hall–Kier alpha value is -1.71. The van der Waals surface area contributed by atoms with Gasteiger partial charge >= 0.3 is 0 Å². The Kier molecular flexibility index (Phi) is 3.98. The Balaban J connectivity index is 2.54. The number of nitrogen functional groups attached to an aromatic ring is 1. The van der Waals surface area contributed by atoms with E-state index in [4.69, 9.17) is 33.7 Å². The lowest BCUT2D eigenvalue weighted by atomic mass is 10.0. The van der Waals surface area contributed by atoms with Crippen LogP contribution >= 0.6 is 23.2 Å². The summed E-state index contributed by atoms with van der Waals surface area (Å²) in [5.74, 6) is 0.160. The van der Waals surface area contributed by atoms with E-state index in [-0.39, 0.29) is 16.5 Å². The Morgan fingerprint density at radius 1 is 1.11 bits per heavy atom. The van der Waals surface area contributed by atoms with Crippen molar-refractivity contribution >= 4 is 34.7 Å². The largest absolute Gasteiger partial charge is 0.495 e. The van der Waals surface area contributed by atoms with E-state index in [2.05, 4.69) is 0 Å². The second kappa shape index (κ2) is 5.51. The summed E-state index contributed by atoms with van der Waals surface area (Å²) in [4.78, 5) is 12.4. The quantitative estimate of drug-likeness (QED) is 0.692. The standard InChI is InChI=1S/C14H11Cl2NO2/c1-19-11-7-3-5-9(13(11)17)14(18)8-4-2-6-10(15)12(8)16/h2-7H,17H2,1H3. The van der Waals surface area contributed by atoms with Crippen LogP contribution in [0.15, 0.2) is 36.4 Å². The number of halogens is 2. The average molecular weight is 296 g/mol. The van der Waals surface area contributed by atoms with Gasteiger partial charge in [0.15, 0.2) is 5.78 Å². The average Bonchev–Trinajstić information content (AvgIpc) is 2.41. The highest BCUT2D eigenvalue weighted by molar-refractivity contribution is 6.44. The van der Waals surface area contributed by atoms with Crippen LogP contribution in [0, 0.1) is 0 Å². The molecule has 0 aliphatic rings. The van der Waals surface area contributed by atoms with Gasteiger partial charge < -0.3 is 10.5 Å². The van der Waals surface area contributed by atoms with Crippen molar-refractivity contribution in [2.75, 3.05) is 12.8 Å². The highest BCUT2D eigenvalue weighted by atomic mass is 35.5. The molecule has 19 heavy (non-hydrogen) atoms. The van der Waals surface area contributed by atoms with Crippen LogP contribution in [0.5, 0.6) is 5.75 Å². The van der Waals surface area contributed by atoms with Crippen molar-refractivity contribution in [3.8, 4) is 5.75 Å². The lowest BCUT2D eigenvalue weighted by Gasteiger charge is -2.10. The molecule has 2 aromatic rings. The maximum atomic E-state index is 12.4. The summed E-state index contributed by atoms with van der Waals surface area (Å²) < 4.78 is 5.09. The van der Waals surface area contributed by atoms with E-state index in [1.54, 1.807) is 36.4 Å². The molecule has 0 aliphatic heterocycles. The molecule has 0 aliphatic carbocycles. The molecule has 2 rings (SSSR count). The highest BCUT2D eigenvalue weighted by Gasteiger charge is 2.18. The summed E-state index contributed by atoms with van der Waals surface area (Å²) in [7, 11) is 1.49. The van der Waals surface area contributed by atoms with E-state index in [0.717, 1.165) is 0 Å². The SMILES string of the molecule is COc1cccc(C(=O)c2cccc(Cl)c2Cl)c1N. The number of hydrogen-bond donors (Lipinski definition) is 1. The second-order valence-corrected chi connectivity index (χ2v) is 4.64. The number of ketones is 1. The van der Waals surface area contributed by atoms with Gasteiger partial charge in [-0.1, -0.05) is 35.3 Å². The van der Waals surface area contributed by atoms with Crippen LogP contribution in [-0.2, 0) is 0 Å². The summed E-state index contributed by atoms with van der Waals surface area (Å²) in [5.41, 5.74) is 6.83. The van der Waals surface area contributed by atoms with E-state index >= 15 is 0 Å². The molecule has 3 nitrogen and oxygen atoms in total. The summed E-state index contributed by atoms with van der Waals surface area (Å²) in [6.07, 6.45) is 0. The van der Waals surface area contributed by atoms with Crippen LogP contribution in [0.1, 0.15) is 15.9 Å². The van der Waals surface area contributed by atoms with E-state index in [1.807, 2.05) is 0 Å². The third kappa shape index (κ3) is 2.53. The van der Waals surface area contributed by atoms with E-state index in [1.165, 1.54) is 7.11 Å². The van der Waals surface area contributed by atoms with Crippen LogP contribution < -0.4 is 10.5 Å². The van der Waals surface area contributed by atoms with Gasteiger partial charge in [0.25, 0.3) is 0 Å². The first kappa shape index (κ1) is 13.7. The van der Waals surface area contributed by atoms with Crippen LogP contribution in [0.2, 0.25) is 10.0 Å². The number of carbonyl (C=O) groups excluding carboxylic acids is 1. The number of ether oxygens (including phenoxy) is 1. The third-order valence-corrected chi connectivity index (χ3v) is 3.55. The number of para-hydroxylation sites is 1. The van der Waals surface area contributed by atoms with Gasteiger partial charge in [0, 0.05) is 11.1 Å². The highest BCUT2D eigenvalue weighted by Crippen LogP contribution is 2.31. The van der Waals surface area contributed by atoms with Gasteiger partial charge in [-0.25, -0.2) is 0 Å². The summed E-state index contributed by atoms with van der Waals surface area (Å²) >= 11 is 11.9. The molecule has 0 atom stereocenters. The van der Waals surface area contributed by atoms with Gasteiger partial charge in [-0.15, -0.1) is 0 Å². The van der Waals surface area contributed by atoms with Crippen LogP contribution in [-0.4, -0.2) is 12.9 Å². The van der Waals surface area contributed by atoms with E-state index < -0.39 is 0 Å². The van der Waals surface area contributed by atoms with Crippen molar-refractivity contribution in [2.24, 2.45) is 0 Å². The first-order chi connectivity index (χ1) is 9.06. The maximum absolute atomic E-state index is 12.4. The first-order valence-electron chi connectivity index (χ1n) is 5.47. The molecule has 2 aromatic carbocycles. The number of hydrogen-bond acceptors (Lipinski definition) is 3. The van der Waals surface area contributed by atoms with Gasteiger partial charge in [0.2, 0.25) is 0 Å². The number of nitrogens with two attached hydrogens (primary N) is 1. The van der Waals surface area contributed by atoms with Gasteiger partial charge in [-0.3, -0.25) is 4.79 Å². The minimum absolute atomic E-state index is 0.219. The molecule has 0 bridgehead atoms. The van der Waals surface area contributed by atoms with Crippen molar-refractivity contribution < 1.29 is 9.53 Å². The Labute approximate surface area is 120 Å².